The first-order valence-corrected chi connectivity index (χ1v) is 8.53. The maximum absolute atomic E-state index is 10.8. The zero-order valence-electron chi connectivity index (χ0n) is 14.1. The number of carboxylic acids is 1. The highest BCUT2D eigenvalue weighted by molar-refractivity contribution is 5.66. The van der Waals surface area contributed by atoms with E-state index in [2.05, 4.69) is 49.9 Å². The van der Waals surface area contributed by atoms with Crippen molar-refractivity contribution in [3.05, 3.63) is 35.4 Å². The van der Waals surface area contributed by atoms with Gasteiger partial charge in [-0.25, -0.2) is 0 Å². The zero-order chi connectivity index (χ0) is 16.1. The third-order valence-corrected chi connectivity index (χ3v) is 4.95. The predicted molar refractivity (Wildman–Crippen MR) is 90.1 cm³/mol. The monoisotopic (exact) mass is 303 g/mol. The molecule has 122 valence electrons. The fraction of sp³-hybridized carbons (Fsp3) is 0.632. The number of benzene rings is 1. The van der Waals surface area contributed by atoms with Crippen LogP contribution in [0.5, 0.6) is 0 Å². The number of hydrogen-bond acceptors (Lipinski definition) is 2. The second kappa shape index (κ2) is 7.77. The van der Waals surface area contributed by atoms with Gasteiger partial charge in [-0.15, -0.1) is 0 Å². The fourth-order valence-electron chi connectivity index (χ4n) is 3.38. The van der Waals surface area contributed by atoms with Crippen LogP contribution in [-0.4, -0.2) is 29.1 Å². The van der Waals surface area contributed by atoms with Crippen molar-refractivity contribution in [2.45, 2.75) is 58.4 Å². The highest BCUT2D eigenvalue weighted by Gasteiger charge is 2.24. The van der Waals surface area contributed by atoms with Crippen molar-refractivity contribution < 1.29 is 9.90 Å². The molecule has 1 saturated heterocycles. The fourth-order valence-corrected chi connectivity index (χ4v) is 3.38. The minimum absolute atomic E-state index is 0.302. The third-order valence-electron chi connectivity index (χ3n) is 4.95. The molecule has 0 saturated carbocycles. The van der Waals surface area contributed by atoms with E-state index in [0.717, 1.165) is 19.5 Å². The molecule has 3 heteroatoms. The number of aliphatic carboxylic acids is 1. The molecule has 0 amide bonds. The highest BCUT2D eigenvalue weighted by atomic mass is 16.4. The molecule has 1 aromatic carbocycles. The van der Waals surface area contributed by atoms with Gasteiger partial charge in [-0.1, -0.05) is 38.1 Å². The summed E-state index contributed by atoms with van der Waals surface area (Å²) in [5.41, 5.74) is 2.75. The van der Waals surface area contributed by atoms with E-state index in [9.17, 15) is 4.79 Å². The quantitative estimate of drug-likeness (QED) is 0.844. The van der Waals surface area contributed by atoms with Crippen LogP contribution in [0.15, 0.2) is 24.3 Å². The maximum atomic E-state index is 10.8. The Morgan fingerprint density at radius 2 is 1.86 bits per heavy atom. The summed E-state index contributed by atoms with van der Waals surface area (Å²) in [5, 5.41) is 8.85. The van der Waals surface area contributed by atoms with Gasteiger partial charge in [0.05, 0.1) is 0 Å². The van der Waals surface area contributed by atoms with Crippen molar-refractivity contribution in [3.63, 3.8) is 0 Å². The zero-order valence-corrected chi connectivity index (χ0v) is 14.1. The second-order valence-electron chi connectivity index (χ2n) is 6.93. The summed E-state index contributed by atoms with van der Waals surface area (Å²) >= 11 is 0. The Kier molecular flexibility index (Phi) is 6.01. The van der Waals surface area contributed by atoms with Crippen molar-refractivity contribution in [1.82, 2.24) is 4.90 Å². The van der Waals surface area contributed by atoms with E-state index in [1.807, 2.05) is 0 Å². The predicted octanol–water partition coefficient (Wildman–Crippen LogP) is 4.45. The van der Waals surface area contributed by atoms with Crippen LogP contribution in [0.25, 0.3) is 0 Å². The van der Waals surface area contributed by atoms with Crippen LogP contribution in [0, 0.1) is 5.92 Å². The topological polar surface area (TPSA) is 40.5 Å². The molecule has 1 aromatic rings. The molecule has 2 unspecified atom stereocenters. The third kappa shape index (κ3) is 4.57. The van der Waals surface area contributed by atoms with E-state index < -0.39 is 5.97 Å². The Morgan fingerprint density at radius 1 is 1.23 bits per heavy atom. The summed E-state index contributed by atoms with van der Waals surface area (Å²) in [6.07, 6.45) is 3.46. The van der Waals surface area contributed by atoms with Gasteiger partial charge in [0.1, 0.15) is 0 Å². The van der Waals surface area contributed by atoms with Crippen LogP contribution >= 0.6 is 0 Å². The molecule has 0 aromatic heterocycles. The molecule has 0 aliphatic carbocycles. The molecule has 0 bridgehead atoms. The Bertz CT molecular complexity index is 481. The maximum Gasteiger partial charge on any atom is 0.303 e. The molecular formula is C19H29NO2. The van der Waals surface area contributed by atoms with Crippen molar-refractivity contribution in [2.75, 3.05) is 13.1 Å². The van der Waals surface area contributed by atoms with E-state index in [1.165, 1.54) is 24.0 Å². The van der Waals surface area contributed by atoms with Gasteiger partial charge in [-0.3, -0.25) is 9.69 Å². The van der Waals surface area contributed by atoms with Gasteiger partial charge in [-0.2, -0.15) is 0 Å². The summed E-state index contributed by atoms with van der Waals surface area (Å²) in [6.45, 7) is 8.85. The normalized spacial score (nSPS) is 21.0. The van der Waals surface area contributed by atoms with Gasteiger partial charge in [0.15, 0.2) is 0 Å². The van der Waals surface area contributed by atoms with E-state index >= 15 is 0 Å². The first-order valence-electron chi connectivity index (χ1n) is 8.53. The van der Waals surface area contributed by atoms with E-state index in [4.69, 9.17) is 5.11 Å². The summed E-state index contributed by atoms with van der Waals surface area (Å²) < 4.78 is 0. The number of carbonyl (C=O) groups is 1. The molecule has 22 heavy (non-hydrogen) atoms. The number of hydrogen-bond donors (Lipinski definition) is 1. The minimum Gasteiger partial charge on any atom is -0.481 e. The number of carboxylic acid groups (broad SMARTS) is 1. The average molecular weight is 303 g/mol. The summed E-state index contributed by atoms with van der Waals surface area (Å²) in [6, 6.07) is 9.39. The Hall–Kier alpha value is -1.35. The van der Waals surface area contributed by atoms with Crippen LogP contribution in [0.2, 0.25) is 0 Å². The van der Waals surface area contributed by atoms with Crippen LogP contribution < -0.4 is 0 Å². The van der Waals surface area contributed by atoms with Gasteiger partial charge in [0.2, 0.25) is 0 Å². The molecule has 2 atom stereocenters. The molecular weight excluding hydrogens is 274 g/mol. The Balaban J connectivity index is 1.96. The van der Waals surface area contributed by atoms with Crippen LogP contribution in [-0.2, 0) is 4.79 Å². The number of likely N-dealkylation sites (tertiary alicyclic amines) is 1. The van der Waals surface area contributed by atoms with Crippen LogP contribution in [0.4, 0.5) is 0 Å². The molecule has 1 fully saturated rings. The lowest BCUT2D eigenvalue weighted by Gasteiger charge is -2.37. The molecule has 2 rings (SSSR count). The Labute approximate surface area is 134 Å². The van der Waals surface area contributed by atoms with E-state index in [1.54, 1.807) is 0 Å². The lowest BCUT2D eigenvalue weighted by molar-refractivity contribution is -0.137. The first-order chi connectivity index (χ1) is 10.5. The van der Waals surface area contributed by atoms with Crippen molar-refractivity contribution in [1.29, 1.82) is 0 Å². The first kappa shape index (κ1) is 17.0. The molecule has 0 spiro atoms. The number of rotatable bonds is 6. The molecule has 1 N–H and O–H groups in total. The highest BCUT2D eigenvalue weighted by Crippen LogP contribution is 2.29. The van der Waals surface area contributed by atoms with Gasteiger partial charge >= 0.3 is 5.97 Å². The van der Waals surface area contributed by atoms with Gasteiger partial charge in [0, 0.05) is 19.0 Å². The standard InChI is InChI=1S/C19H29NO2/c1-14(2)17-7-9-18(10-8-17)15(3)20-12-4-5-16(13-20)6-11-19(21)22/h7-10,14-16H,4-6,11-13H2,1-3H3,(H,21,22). The molecule has 3 nitrogen and oxygen atoms in total. The summed E-state index contributed by atoms with van der Waals surface area (Å²) in [5.74, 6) is 0.427. The smallest absolute Gasteiger partial charge is 0.303 e. The van der Waals surface area contributed by atoms with Crippen molar-refractivity contribution in [3.8, 4) is 0 Å². The lowest BCUT2D eigenvalue weighted by Crippen LogP contribution is -2.37. The average Bonchev–Trinajstić information content (AvgIpc) is 2.52. The summed E-state index contributed by atoms with van der Waals surface area (Å²) in [4.78, 5) is 13.3. The minimum atomic E-state index is -0.672. The molecule has 1 heterocycles. The van der Waals surface area contributed by atoms with Crippen molar-refractivity contribution >= 4 is 5.97 Å². The molecule has 1 aliphatic heterocycles. The van der Waals surface area contributed by atoms with Crippen LogP contribution in [0.1, 0.15) is 69.5 Å². The van der Waals surface area contributed by atoms with E-state index in [-0.39, 0.29) is 0 Å². The van der Waals surface area contributed by atoms with Crippen molar-refractivity contribution in [2.24, 2.45) is 5.92 Å². The van der Waals surface area contributed by atoms with Gasteiger partial charge in [0.25, 0.3) is 0 Å². The Morgan fingerprint density at radius 3 is 2.45 bits per heavy atom. The lowest BCUT2D eigenvalue weighted by atomic mass is 9.91. The van der Waals surface area contributed by atoms with Crippen LogP contribution in [0.3, 0.4) is 0 Å². The number of nitrogens with zero attached hydrogens (tertiary/aromatic N) is 1. The van der Waals surface area contributed by atoms with Gasteiger partial charge < -0.3 is 5.11 Å². The molecule has 0 radical (unpaired) electrons. The SMILES string of the molecule is CC(C)c1ccc(C(C)N2CCCC(CCC(=O)O)C2)cc1. The number of piperidine rings is 1. The second-order valence-corrected chi connectivity index (χ2v) is 6.93. The largest absolute Gasteiger partial charge is 0.481 e. The van der Waals surface area contributed by atoms with Gasteiger partial charge in [-0.05, 0) is 55.7 Å². The molecule has 1 aliphatic rings. The van der Waals surface area contributed by atoms with E-state index in [0.29, 0.717) is 24.3 Å². The summed E-state index contributed by atoms with van der Waals surface area (Å²) in [7, 11) is 0.